The number of aromatic amines is 1. The number of amides is 2. The zero-order valence-corrected chi connectivity index (χ0v) is 17.9. The van der Waals surface area contributed by atoms with Crippen molar-refractivity contribution < 1.29 is 19.4 Å². The zero-order valence-electron chi connectivity index (χ0n) is 17.9. The summed E-state index contributed by atoms with van der Waals surface area (Å²) in [5, 5.41) is 23.4. The first kappa shape index (κ1) is 20.4. The monoisotopic (exact) mass is 434 g/mol. The van der Waals surface area contributed by atoms with E-state index in [9.17, 15) is 14.7 Å². The lowest BCUT2D eigenvalue weighted by Crippen LogP contribution is -2.45. The third-order valence-electron chi connectivity index (χ3n) is 6.26. The van der Waals surface area contributed by atoms with E-state index in [4.69, 9.17) is 4.74 Å². The van der Waals surface area contributed by atoms with Crippen LogP contribution in [0.25, 0.3) is 10.9 Å². The van der Waals surface area contributed by atoms with E-state index in [1.54, 1.807) is 18.2 Å². The summed E-state index contributed by atoms with van der Waals surface area (Å²) in [7, 11) is 0. The number of benzene rings is 2. The summed E-state index contributed by atoms with van der Waals surface area (Å²) in [6.07, 6.45) is 4.25. The summed E-state index contributed by atoms with van der Waals surface area (Å²) < 4.78 is 5.71. The number of phenolic OH excluding ortho intramolecular Hbond substituents is 1. The number of rotatable bonds is 4. The normalized spacial score (nSPS) is 22.2. The number of hydrogen-bond acceptors (Lipinski definition) is 5. The Hall–Kier alpha value is -3.55. The number of ether oxygens (including phenoxy) is 1. The van der Waals surface area contributed by atoms with Crippen molar-refractivity contribution in [2.24, 2.45) is 0 Å². The first-order valence-corrected chi connectivity index (χ1v) is 11.0. The zero-order chi connectivity index (χ0) is 22.2. The maximum absolute atomic E-state index is 12.8. The molecule has 2 aromatic carbocycles. The highest BCUT2D eigenvalue weighted by molar-refractivity contribution is 6.05. The molecule has 5 rings (SSSR count). The minimum atomic E-state index is -0.286. The van der Waals surface area contributed by atoms with Crippen LogP contribution in [0, 0.1) is 0 Å². The van der Waals surface area contributed by atoms with Crippen molar-refractivity contribution in [1.29, 1.82) is 0 Å². The van der Waals surface area contributed by atoms with Gasteiger partial charge in [0.15, 0.2) is 5.69 Å². The quantitative estimate of drug-likeness (QED) is 0.504. The molecule has 32 heavy (non-hydrogen) atoms. The number of aromatic nitrogens is 2. The minimum Gasteiger partial charge on any atom is -0.508 e. The first-order chi connectivity index (χ1) is 15.5. The molecule has 3 atom stereocenters. The summed E-state index contributed by atoms with van der Waals surface area (Å²) in [5.41, 5.74) is 2.65. The highest BCUT2D eigenvalue weighted by atomic mass is 16.5. The second kappa shape index (κ2) is 8.18. The van der Waals surface area contributed by atoms with Crippen LogP contribution in [0.5, 0.6) is 11.5 Å². The van der Waals surface area contributed by atoms with Gasteiger partial charge in [0, 0.05) is 29.5 Å². The predicted molar refractivity (Wildman–Crippen MR) is 119 cm³/mol. The van der Waals surface area contributed by atoms with Gasteiger partial charge in [0.2, 0.25) is 0 Å². The standard InChI is InChI=1S/C24H26N4O4/c1-13-9-15-10-14(5-8-21(15)32-13)23(30)25-16-3-2-4-17(11-16)26-24(31)22-19-12-18(29)6-7-20(19)27-28-22/h5-8,10,12-13,16-17,29H,2-4,9,11H2,1H3,(H,25,30)(H,26,31)(H,27,28). The molecule has 1 fully saturated rings. The van der Waals surface area contributed by atoms with E-state index >= 15 is 0 Å². The lowest BCUT2D eigenvalue weighted by molar-refractivity contribution is 0.0901. The summed E-state index contributed by atoms with van der Waals surface area (Å²) in [4.78, 5) is 25.6. The Kier molecular flexibility index (Phi) is 5.20. The molecule has 4 N–H and O–H groups in total. The van der Waals surface area contributed by atoms with Gasteiger partial charge in [-0.3, -0.25) is 14.7 Å². The van der Waals surface area contributed by atoms with Gasteiger partial charge in [-0.1, -0.05) is 0 Å². The molecule has 0 saturated heterocycles. The van der Waals surface area contributed by atoms with E-state index in [0.717, 1.165) is 37.0 Å². The third kappa shape index (κ3) is 4.00. The molecule has 0 bridgehead atoms. The van der Waals surface area contributed by atoms with Crippen LogP contribution < -0.4 is 15.4 Å². The highest BCUT2D eigenvalue weighted by Crippen LogP contribution is 2.29. The van der Waals surface area contributed by atoms with Gasteiger partial charge in [-0.05, 0) is 74.6 Å². The number of phenols is 1. The van der Waals surface area contributed by atoms with Crippen LogP contribution in [0.1, 0.15) is 59.0 Å². The second-order valence-corrected chi connectivity index (χ2v) is 8.76. The molecule has 1 saturated carbocycles. The Bertz CT molecular complexity index is 1190. The molecule has 2 aliphatic rings. The number of H-pyrrole nitrogens is 1. The fourth-order valence-electron chi connectivity index (χ4n) is 4.71. The SMILES string of the molecule is CC1Cc2cc(C(=O)NC3CCCC(NC(=O)c4n[nH]c5ccc(O)cc45)C3)ccc2O1. The molecule has 2 amide bonds. The van der Waals surface area contributed by atoms with Gasteiger partial charge >= 0.3 is 0 Å². The van der Waals surface area contributed by atoms with Crippen molar-refractivity contribution in [3.05, 3.63) is 53.2 Å². The van der Waals surface area contributed by atoms with Crippen LogP contribution >= 0.6 is 0 Å². The van der Waals surface area contributed by atoms with Gasteiger partial charge in [-0.2, -0.15) is 5.10 Å². The van der Waals surface area contributed by atoms with Crippen molar-refractivity contribution in [2.45, 2.75) is 57.2 Å². The minimum absolute atomic E-state index is 0.00930. The van der Waals surface area contributed by atoms with Gasteiger partial charge in [-0.15, -0.1) is 0 Å². The topological polar surface area (TPSA) is 116 Å². The van der Waals surface area contributed by atoms with Crippen molar-refractivity contribution in [3.63, 3.8) is 0 Å². The number of nitrogens with zero attached hydrogens (tertiary/aromatic N) is 1. The summed E-state index contributed by atoms with van der Waals surface area (Å²) in [5.74, 6) is 0.555. The number of aromatic hydroxyl groups is 1. The molecule has 0 radical (unpaired) electrons. The lowest BCUT2D eigenvalue weighted by Gasteiger charge is -2.30. The van der Waals surface area contributed by atoms with Gasteiger partial charge < -0.3 is 20.5 Å². The molecule has 1 aromatic heterocycles. The van der Waals surface area contributed by atoms with Gasteiger partial charge in [0.1, 0.15) is 17.6 Å². The maximum atomic E-state index is 12.8. The van der Waals surface area contributed by atoms with Crippen molar-refractivity contribution >= 4 is 22.7 Å². The number of carbonyl (C=O) groups is 2. The molecular weight excluding hydrogens is 408 g/mol. The average Bonchev–Trinajstić information content (AvgIpc) is 3.35. The Morgan fingerprint density at radius 1 is 1.09 bits per heavy atom. The van der Waals surface area contributed by atoms with Crippen LogP contribution in [-0.2, 0) is 6.42 Å². The van der Waals surface area contributed by atoms with Gasteiger partial charge in [-0.25, -0.2) is 0 Å². The van der Waals surface area contributed by atoms with Crippen LogP contribution in [0.3, 0.4) is 0 Å². The number of fused-ring (bicyclic) bond motifs is 2. The molecule has 3 unspecified atom stereocenters. The summed E-state index contributed by atoms with van der Waals surface area (Å²) in [6.45, 7) is 2.02. The molecule has 2 heterocycles. The molecule has 1 aliphatic heterocycles. The van der Waals surface area contributed by atoms with E-state index in [1.165, 1.54) is 6.07 Å². The molecule has 1 aliphatic carbocycles. The van der Waals surface area contributed by atoms with E-state index < -0.39 is 0 Å². The van der Waals surface area contributed by atoms with E-state index in [2.05, 4.69) is 20.8 Å². The number of carbonyl (C=O) groups excluding carboxylic acids is 2. The summed E-state index contributed by atoms with van der Waals surface area (Å²) in [6, 6.07) is 10.3. The molecular formula is C24H26N4O4. The van der Waals surface area contributed by atoms with Crippen LogP contribution in [0.15, 0.2) is 36.4 Å². The van der Waals surface area contributed by atoms with Crippen molar-refractivity contribution in [3.8, 4) is 11.5 Å². The Morgan fingerprint density at radius 3 is 2.69 bits per heavy atom. The molecule has 0 spiro atoms. The molecule has 8 heteroatoms. The smallest absolute Gasteiger partial charge is 0.272 e. The third-order valence-corrected chi connectivity index (χ3v) is 6.26. The first-order valence-electron chi connectivity index (χ1n) is 11.0. The fourth-order valence-corrected chi connectivity index (χ4v) is 4.71. The largest absolute Gasteiger partial charge is 0.508 e. The van der Waals surface area contributed by atoms with E-state index in [1.807, 2.05) is 19.1 Å². The molecule has 166 valence electrons. The molecule has 3 aromatic rings. The number of nitrogens with one attached hydrogen (secondary N) is 3. The predicted octanol–water partition coefficient (Wildman–Crippen LogP) is 3.06. The Balaban J connectivity index is 1.22. The average molecular weight is 434 g/mol. The number of hydrogen-bond donors (Lipinski definition) is 4. The van der Waals surface area contributed by atoms with Crippen molar-refractivity contribution in [2.75, 3.05) is 0 Å². The summed E-state index contributed by atoms with van der Waals surface area (Å²) >= 11 is 0. The fraction of sp³-hybridized carbons (Fsp3) is 0.375. The van der Waals surface area contributed by atoms with Gasteiger partial charge in [0.25, 0.3) is 11.8 Å². The van der Waals surface area contributed by atoms with Gasteiger partial charge in [0.05, 0.1) is 5.52 Å². The highest BCUT2D eigenvalue weighted by Gasteiger charge is 2.27. The maximum Gasteiger partial charge on any atom is 0.272 e. The Labute approximate surface area is 185 Å². The van der Waals surface area contributed by atoms with E-state index in [0.29, 0.717) is 22.9 Å². The second-order valence-electron chi connectivity index (χ2n) is 8.76. The van der Waals surface area contributed by atoms with E-state index in [-0.39, 0.29) is 41.4 Å². The van der Waals surface area contributed by atoms with Crippen LogP contribution in [-0.4, -0.2) is 45.3 Å². The van der Waals surface area contributed by atoms with Crippen LogP contribution in [0.4, 0.5) is 0 Å². The van der Waals surface area contributed by atoms with Crippen molar-refractivity contribution in [1.82, 2.24) is 20.8 Å². The van der Waals surface area contributed by atoms with Crippen LogP contribution in [0.2, 0.25) is 0 Å². The molecule has 8 nitrogen and oxygen atoms in total. The lowest BCUT2D eigenvalue weighted by atomic mass is 9.90. The Morgan fingerprint density at radius 2 is 1.88 bits per heavy atom.